The van der Waals surface area contributed by atoms with Crippen molar-refractivity contribution in [1.29, 1.82) is 0 Å². The van der Waals surface area contributed by atoms with Crippen LogP contribution < -0.4 is 0 Å². The molecule has 6 fully saturated rings. The van der Waals surface area contributed by atoms with Gasteiger partial charge in [0.15, 0.2) is 0 Å². The van der Waals surface area contributed by atoms with Gasteiger partial charge in [0.05, 0.1) is 52.4 Å². The molecule has 6 aliphatic rings. The van der Waals surface area contributed by atoms with Crippen molar-refractivity contribution in [2.75, 3.05) is 91.6 Å². The molecule has 6 heterocycles. The molecule has 0 amide bonds. The Kier molecular flexibility index (Phi) is 10.8. The third-order valence-corrected chi connectivity index (χ3v) is 8.36. The van der Waals surface area contributed by atoms with E-state index < -0.39 is 0 Å². The van der Waals surface area contributed by atoms with Crippen LogP contribution in [0.5, 0.6) is 0 Å². The molecule has 6 aliphatic heterocycles. The minimum atomic E-state index is 0. The molecule has 162 valence electrons. The van der Waals surface area contributed by atoms with E-state index in [0.29, 0.717) is 0 Å². The number of quaternary nitrogens is 2. The van der Waals surface area contributed by atoms with E-state index in [9.17, 15) is 0 Å². The van der Waals surface area contributed by atoms with E-state index >= 15 is 0 Å². The second-order valence-electron chi connectivity index (χ2n) is 9.98. The van der Waals surface area contributed by atoms with E-state index in [1.165, 1.54) is 152 Å². The van der Waals surface area contributed by atoms with Crippen molar-refractivity contribution in [2.45, 2.75) is 51.4 Å². The number of piperazine rings is 6. The second-order valence-corrected chi connectivity index (χ2v) is 9.98. The molecule has 6 rings (SSSR count). The van der Waals surface area contributed by atoms with Crippen molar-refractivity contribution in [3.63, 3.8) is 0 Å². The van der Waals surface area contributed by atoms with E-state index in [0.717, 1.165) is 0 Å². The Morgan fingerprint density at radius 2 is 0.643 bits per heavy atom. The molecule has 4 bridgehead atoms. The minimum Gasteiger partial charge on any atom is -0.320 e. The number of unbranched alkanes of at least 4 members (excludes halogenated alkanes) is 7. The van der Waals surface area contributed by atoms with E-state index in [-0.39, 0.29) is 34.1 Å². The molecular weight excluding hydrogens is 432 g/mol. The van der Waals surface area contributed by atoms with Crippen LogP contribution >= 0.6 is 0 Å². The van der Waals surface area contributed by atoms with Crippen molar-refractivity contribution >= 4 is 0 Å². The predicted molar refractivity (Wildman–Crippen MR) is 109 cm³/mol. The van der Waals surface area contributed by atoms with Gasteiger partial charge in [0.2, 0.25) is 0 Å². The summed E-state index contributed by atoms with van der Waals surface area (Å²) in [6.45, 7) is 19.8. The summed E-state index contributed by atoms with van der Waals surface area (Å²) in [6.07, 6.45) is 11.9. The van der Waals surface area contributed by atoms with Gasteiger partial charge < -0.3 is 8.97 Å². The first-order valence-electron chi connectivity index (χ1n) is 11.9. The molecule has 0 spiro atoms. The zero-order valence-electron chi connectivity index (χ0n) is 18.1. The summed E-state index contributed by atoms with van der Waals surface area (Å²) in [5, 5.41) is 0. The van der Waals surface area contributed by atoms with Crippen LogP contribution in [0.2, 0.25) is 0 Å². The maximum Gasteiger partial charge on any atom is 2.00 e. The Morgan fingerprint density at radius 1 is 0.393 bits per heavy atom. The molecule has 0 aliphatic carbocycles. The van der Waals surface area contributed by atoms with Crippen molar-refractivity contribution in [1.82, 2.24) is 9.80 Å². The Labute approximate surface area is 195 Å². The average molecular weight is 476 g/mol. The molecule has 0 radical (unpaired) electrons. The fourth-order valence-electron chi connectivity index (χ4n) is 6.09. The Balaban J connectivity index is 0.00000140. The fourth-order valence-corrected chi connectivity index (χ4v) is 6.09. The van der Waals surface area contributed by atoms with Gasteiger partial charge in [-0.1, -0.05) is 25.7 Å². The topological polar surface area (TPSA) is 6.48 Å². The first kappa shape index (κ1) is 25.1. The normalized spacial score (nSPS) is 36.0. The van der Waals surface area contributed by atoms with Gasteiger partial charge >= 0.3 is 34.1 Å². The summed E-state index contributed by atoms with van der Waals surface area (Å²) in [5.74, 6) is 0. The summed E-state index contributed by atoms with van der Waals surface area (Å²) in [4.78, 5) is 5.32. The molecule has 0 N–H and O–H groups in total. The van der Waals surface area contributed by atoms with Gasteiger partial charge in [-0.3, -0.25) is 9.80 Å². The number of fused-ring (bicyclic) bond motifs is 6. The fraction of sp³-hybridized carbons (Fsp3) is 1.00. The van der Waals surface area contributed by atoms with Crippen molar-refractivity contribution in [3.8, 4) is 0 Å². The predicted octanol–water partition coefficient (Wildman–Crippen LogP) is 2.39. The maximum absolute atomic E-state index is 2.66. The Morgan fingerprint density at radius 3 is 0.929 bits per heavy atom. The van der Waals surface area contributed by atoms with Crippen LogP contribution in [-0.2, 0) is 34.1 Å². The maximum atomic E-state index is 2.66. The third kappa shape index (κ3) is 6.69. The van der Waals surface area contributed by atoms with Crippen LogP contribution in [0, 0.1) is 0 Å². The number of hydrogen-bond acceptors (Lipinski definition) is 2. The molecule has 28 heavy (non-hydrogen) atoms. The van der Waals surface area contributed by atoms with Crippen molar-refractivity contribution < 1.29 is 43.1 Å². The molecule has 0 aromatic rings. The van der Waals surface area contributed by atoms with Gasteiger partial charge in [0.1, 0.15) is 0 Å². The molecule has 0 unspecified atom stereocenters. The third-order valence-electron chi connectivity index (χ3n) is 8.36. The van der Waals surface area contributed by atoms with E-state index in [1.807, 2.05) is 0 Å². The zero-order valence-corrected chi connectivity index (χ0v) is 20.3. The molecule has 4 nitrogen and oxygen atoms in total. The summed E-state index contributed by atoms with van der Waals surface area (Å²) in [6, 6.07) is 0. The van der Waals surface area contributed by atoms with Crippen LogP contribution in [0.3, 0.4) is 0 Å². The summed E-state index contributed by atoms with van der Waals surface area (Å²) >= 11 is 0. The minimum absolute atomic E-state index is 0. The number of nitrogens with zero attached hydrogens (tertiary/aromatic N) is 4. The van der Waals surface area contributed by atoms with Gasteiger partial charge in [-0.2, -0.15) is 0 Å². The Hall–Kier alpha value is 0.879. The molecule has 6 saturated heterocycles. The van der Waals surface area contributed by atoms with Gasteiger partial charge in [-0.25, -0.2) is 0 Å². The van der Waals surface area contributed by atoms with E-state index in [4.69, 9.17) is 0 Å². The van der Waals surface area contributed by atoms with Crippen molar-refractivity contribution in [3.05, 3.63) is 0 Å². The van der Waals surface area contributed by atoms with E-state index in [2.05, 4.69) is 9.80 Å². The van der Waals surface area contributed by atoms with Crippen LogP contribution in [0.25, 0.3) is 0 Å². The molecule has 0 aromatic heterocycles. The van der Waals surface area contributed by atoms with Crippen LogP contribution in [0.4, 0.5) is 0 Å². The smallest absolute Gasteiger partial charge is 0.320 e. The van der Waals surface area contributed by atoms with Gasteiger partial charge in [-0.05, 0) is 25.7 Å². The quantitative estimate of drug-likeness (QED) is 0.257. The first-order chi connectivity index (χ1) is 12.8. The van der Waals surface area contributed by atoms with Crippen LogP contribution in [0.1, 0.15) is 51.4 Å². The molecular formula is C22H44Fe2N4+6. The second kappa shape index (κ2) is 12.1. The first-order valence-corrected chi connectivity index (χ1v) is 11.9. The SMILES string of the molecule is C(CCCCC[N+]12CCN(CC1)CC2)CCCC[N+]12CCN(CC1)CC2.[Fe+2].[Fe+2]. The summed E-state index contributed by atoms with van der Waals surface area (Å²) < 4.78 is 2.93. The number of rotatable bonds is 11. The Bertz CT molecular complexity index is 365. The standard InChI is InChI=1S/C22H44N4.2Fe/c1(3-5-7-15-25-17-9-23(10-18-25)11-19-25)2-4-6-8-16-26-20-12-24(13-21-26)14-22-26;;/h1-22H2;;/q3*+2. The molecule has 6 heteroatoms. The number of hydrogen-bond donors (Lipinski definition) is 0. The molecule has 0 aromatic carbocycles. The molecule has 0 saturated carbocycles. The van der Waals surface area contributed by atoms with Gasteiger partial charge in [0.25, 0.3) is 0 Å². The van der Waals surface area contributed by atoms with Gasteiger partial charge in [-0.15, -0.1) is 0 Å². The van der Waals surface area contributed by atoms with Crippen LogP contribution in [-0.4, -0.2) is 110 Å². The molecule has 0 atom stereocenters. The van der Waals surface area contributed by atoms with Crippen LogP contribution in [0.15, 0.2) is 0 Å². The monoisotopic (exact) mass is 476 g/mol. The largest absolute Gasteiger partial charge is 2.00 e. The zero-order chi connectivity index (χ0) is 17.7. The summed E-state index contributed by atoms with van der Waals surface area (Å²) in [7, 11) is 0. The van der Waals surface area contributed by atoms with Crippen molar-refractivity contribution in [2.24, 2.45) is 0 Å². The summed E-state index contributed by atoms with van der Waals surface area (Å²) in [5.41, 5.74) is 0. The van der Waals surface area contributed by atoms with Gasteiger partial charge in [0, 0.05) is 39.3 Å². The average Bonchev–Trinajstić information content (AvgIpc) is 2.72. The van der Waals surface area contributed by atoms with E-state index in [1.54, 1.807) is 0 Å².